The Hall–Kier alpha value is -1.57. The number of fused-ring (bicyclic) bond motifs is 1. The van der Waals surface area contributed by atoms with Crippen LogP contribution in [-0.4, -0.2) is 10.1 Å². The van der Waals surface area contributed by atoms with Crippen LogP contribution in [0.3, 0.4) is 0 Å². The van der Waals surface area contributed by atoms with Gasteiger partial charge in [0.2, 0.25) is 0 Å². The first-order valence-corrected chi connectivity index (χ1v) is 5.49. The van der Waals surface area contributed by atoms with Crippen molar-refractivity contribution >= 4 is 10.9 Å². The van der Waals surface area contributed by atoms with E-state index in [0.717, 1.165) is 10.9 Å². The number of rotatable bonds is 0. The minimum absolute atomic E-state index is 0.120. The van der Waals surface area contributed by atoms with Gasteiger partial charge in [-0.3, -0.25) is 0 Å². The highest BCUT2D eigenvalue weighted by Gasteiger charge is 2.14. The van der Waals surface area contributed by atoms with Crippen LogP contribution in [0.5, 0.6) is 5.75 Å². The number of pyridine rings is 1. The molecule has 0 saturated carbocycles. The summed E-state index contributed by atoms with van der Waals surface area (Å²) in [5.41, 5.74) is 2.98. The highest BCUT2D eigenvalue weighted by molar-refractivity contribution is 5.81. The number of aryl methyl sites for hydroxylation is 1. The molecule has 1 aromatic heterocycles. The molecular weight excluding hydrogens is 198 g/mol. The van der Waals surface area contributed by atoms with Crippen molar-refractivity contribution in [2.24, 2.45) is 0 Å². The molecular formula is C14H17NO. The molecule has 0 bridgehead atoms. The van der Waals surface area contributed by atoms with E-state index in [-0.39, 0.29) is 11.2 Å². The van der Waals surface area contributed by atoms with Crippen LogP contribution in [-0.2, 0) is 5.41 Å². The topological polar surface area (TPSA) is 33.1 Å². The van der Waals surface area contributed by atoms with Crippen LogP contribution in [0.25, 0.3) is 10.9 Å². The zero-order valence-corrected chi connectivity index (χ0v) is 10.2. The Morgan fingerprint density at radius 1 is 1.12 bits per heavy atom. The van der Waals surface area contributed by atoms with Crippen molar-refractivity contribution in [1.29, 1.82) is 0 Å². The molecule has 16 heavy (non-hydrogen) atoms. The van der Waals surface area contributed by atoms with Gasteiger partial charge in [0.15, 0.2) is 0 Å². The SMILES string of the molecule is Cc1nc2ccc(C(C)(C)C)cc2cc1O. The lowest BCUT2D eigenvalue weighted by Gasteiger charge is -2.19. The summed E-state index contributed by atoms with van der Waals surface area (Å²) in [7, 11) is 0. The summed E-state index contributed by atoms with van der Waals surface area (Å²) in [6.45, 7) is 8.34. The fourth-order valence-electron chi connectivity index (χ4n) is 1.73. The standard InChI is InChI=1S/C14H17NO/c1-9-13(16)8-10-7-11(14(2,3)4)5-6-12(10)15-9/h5-8,16H,1-4H3. The Balaban J connectivity index is 2.67. The first kappa shape index (κ1) is 10.9. The van der Waals surface area contributed by atoms with E-state index in [1.165, 1.54) is 5.56 Å². The third kappa shape index (κ3) is 1.87. The molecule has 84 valence electrons. The van der Waals surface area contributed by atoms with E-state index >= 15 is 0 Å². The fourth-order valence-corrected chi connectivity index (χ4v) is 1.73. The summed E-state index contributed by atoms with van der Waals surface area (Å²) < 4.78 is 0. The first-order chi connectivity index (χ1) is 7.38. The lowest BCUT2D eigenvalue weighted by Crippen LogP contribution is -2.10. The summed E-state index contributed by atoms with van der Waals surface area (Å²) in [6.07, 6.45) is 0. The van der Waals surface area contributed by atoms with Crippen molar-refractivity contribution in [1.82, 2.24) is 4.98 Å². The van der Waals surface area contributed by atoms with Crippen LogP contribution in [0.2, 0.25) is 0 Å². The molecule has 0 aliphatic rings. The number of benzene rings is 1. The van der Waals surface area contributed by atoms with Gasteiger partial charge in [-0.15, -0.1) is 0 Å². The summed E-state index contributed by atoms with van der Waals surface area (Å²) in [4.78, 5) is 4.35. The van der Waals surface area contributed by atoms with Gasteiger partial charge >= 0.3 is 0 Å². The summed E-state index contributed by atoms with van der Waals surface area (Å²) in [5, 5.41) is 10.6. The highest BCUT2D eigenvalue weighted by atomic mass is 16.3. The van der Waals surface area contributed by atoms with Crippen molar-refractivity contribution in [2.75, 3.05) is 0 Å². The van der Waals surface area contributed by atoms with Gasteiger partial charge < -0.3 is 5.11 Å². The van der Waals surface area contributed by atoms with Crippen molar-refractivity contribution < 1.29 is 5.11 Å². The molecule has 0 spiro atoms. The molecule has 0 aliphatic carbocycles. The molecule has 0 fully saturated rings. The van der Waals surface area contributed by atoms with Gasteiger partial charge in [-0.2, -0.15) is 0 Å². The van der Waals surface area contributed by atoms with E-state index in [2.05, 4.69) is 37.9 Å². The van der Waals surface area contributed by atoms with Gasteiger partial charge in [0.1, 0.15) is 5.75 Å². The zero-order chi connectivity index (χ0) is 11.9. The minimum Gasteiger partial charge on any atom is -0.506 e. The van der Waals surface area contributed by atoms with E-state index < -0.39 is 0 Å². The number of aromatic nitrogens is 1. The second kappa shape index (κ2) is 3.48. The van der Waals surface area contributed by atoms with E-state index in [1.54, 1.807) is 6.07 Å². The van der Waals surface area contributed by atoms with Crippen molar-refractivity contribution in [2.45, 2.75) is 33.1 Å². The maximum absolute atomic E-state index is 9.65. The van der Waals surface area contributed by atoms with E-state index in [0.29, 0.717) is 5.69 Å². The van der Waals surface area contributed by atoms with Crippen molar-refractivity contribution in [3.63, 3.8) is 0 Å². The van der Waals surface area contributed by atoms with E-state index in [1.807, 2.05) is 13.0 Å². The van der Waals surface area contributed by atoms with E-state index in [9.17, 15) is 5.11 Å². The van der Waals surface area contributed by atoms with Crippen LogP contribution in [0.1, 0.15) is 32.0 Å². The summed E-state index contributed by atoms with van der Waals surface area (Å²) in [5.74, 6) is 0.263. The number of nitrogens with zero attached hydrogens (tertiary/aromatic N) is 1. The highest BCUT2D eigenvalue weighted by Crippen LogP contribution is 2.27. The first-order valence-electron chi connectivity index (χ1n) is 5.49. The normalized spacial score (nSPS) is 12.0. The number of hydrogen-bond acceptors (Lipinski definition) is 2. The Morgan fingerprint density at radius 2 is 1.81 bits per heavy atom. The molecule has 0 saturated heterocycles. The molecule has 2 heteroatoms. The summed E-state index contributed by atoms with van der Waals surface area (Å²) >= 11 is 0. The molecule has 0 radical (unpaired) electrons. The zero-order valence-electron chi connectivity index (χ0n) is 10.2. The van der Waals surface area contributed by atoms with E-state index in [4.69, 9.17) is 0 Å². The molecule has 2 aromatic rings. The smallest absolute Gasteiger partial charge is 0.137 e. The second-order valence-electron chi connectivity index (χ2n) is 5.25. The predicted molar refractivity (Wildman–Crippen MR) is 66.8 cm³/mol. The Bertz CT molecular complexity index is 538. The Labute approximate surface area is 96.0 Å². The second-order valence-corrected chi connectivity index (χ2v) is 5.25. The van der Waals surface area contributed by atoms with Crippen LogP contribution in [0, 0.1) is 6.92 Å². The van der Waals surface area contributed by atoms with Crippen LogP contribution in [0.15, 0.2) is 24.3 Å². The molecule has 0 aliphatic heterocycles. The quantitative estimate of drug-likeness (QED) is 0.729. The van der Waals surface area contributed by atoms with Gasteiger partial charge in [-0.05, 0) is 36.1 Å². The van der Waals surface area contributed by atoms with Crippen LogP contribution < -0.4 is 0 Å². The average Bonchev–Trinajstić information content (AvgIpc) is 2.17. The molecule has 1 heterocycles. The molecule has 2 nitrogen and oxygen atoms in total. The van der Waals surface area contributed by atoms with Crippen molar-refractivity contribution in [3.05, 3.63) is 35.5 Å². The fraction of sp³-hybridized carbons (Fsp3) is 0.357. The van der Waals surface area contributed by atoms with Gasteiger partial charge in [-0.1, -0.05) is 26.8 Å². The molecule has 0 unspecified atom stereocenters. The van der Waals surface area contributed by atoms with Gasteiger partial charge in [-0.25, -0.2) is 4.98 Å². The van der Waals surface area contributed by atoms with Crippen LogP contribution >= 0.6 is 0 Å². The monoisotopic (exact) mass is 215 g/mol. The molecule has 0 atom stereocenters. The third-order valence-electron chi connectivity index (χ3n) is 2.84. The summed E-state index contributed by atoms with van der Waals surface area (Å²) in [6, 6.07) is 8.00. The Morgan fingerprint density at radius 3 is 2.44 bits per heavy atom. The third-order valence-corrected chi connectivity index (χ3v) is 2.84. The molecule has 2 rings (SSSR count). The maximum Gasteiger partial charge on any atom is 0.137 e. The van der Waals surface area contributed by atoms with Gasteiger partial charge in [0.25, 0.3) is 0 Å². The van der Waals surface area contributed by atoms with Gasteiger partial charge in [0.05, 0.1) is 11.2 Å². The maximum atomic E-state index is 9.65. The minimum atomic E-state index is 0.120. The lowest BCUT2D eigenvalue weighted by molar-refractivity contribution is 0.469. The average molecular weight is 215 g/mol. The van der Waals surface area contributed by atoms with Crippen molar-refractivity contribution in [3.8, 4) is 5.75 Å². The molecule has 0 amide bonds. The molecule has 1 N–H and O–H groups in total. The number of aromatic hydroxyl groups is 1. The lowest BCUT2D eigenvalue weighted by atomic mass is 9.86. The largest absolute Gasteiger partial charge is 0.506 e. The predicted octanol–water partition coefficient (Wildman–Crippen LogP) is 3.55. The van der Waals surface area contributed by atoms with Gasteiger partial charge in [0, 0.05) is 5.39 Å². The molecule has 1 aromatic carbocycles. The Kier molecular flexibility index (Phi) is 2.38. The number of hydrogen-bond donors (Lipinski definition) is 1. The van der Waals surface area contributed by atoms with Crippen LogP contribution in [0.4, 0.5) is 0 Å².